The van der Waals surface area contributed by atoms with E-state index in [2.05, 4.69) is 16.2 Å². The number of hydrogen-bond donors (Lipinski definition) is 0. The predicted molar refractivity (Wildman–Crippen MR) is 64.9 cm³/mol. The van der Waals surface area contributed by atoms with E-state index in [0.717, 1.165) is 11.3 Å². The van der Waals surface area contributed by atoms with Gasteiger partial charge in [-0.25, -0.2) is 4.68 Å². The molecule has 0 N–H and O–H groups in total. The molecule has 5 heteroatoms. The highest BCUT2D eigenvalue weighted by molar-refractivity contribution is 6.30. The molecule has 0 saturated carbocycles. The molecule has 0 spiro atoms. The fourth-order valence-electron chi connectivity index (χ4n) is 1.52. The number of nitrogens with zero attached hydrogens (tertiary/aromatic N) is 4. The average Bonchev–Trinajstić information content (AvgIpc) is 2.72. The van der Waals surface area contributed by atoms with Crippen LogP contribution >= 0.6 is 11.6 Å². The second-order valence-electron chi connectivity index (χ2n) is 3.84. The van der Waals surface area contributed by atoms with Crippen LogP contribution in [0.5, 0.6) is 0 Å². The molecule has 0 bridgehead atoms. The summed E-state index contributed by atoms with van der Waals surface area (Å²) in [6.07, 6.45) is 5.86. The fourth-order valence-corrected chi connectivity index (χ4v) is 1.73. The van der Waals surface area contributed by atoms with Crippen LogP contribution in [0.3, 0.4) is 0 Å². The zero-order chi connectivity index (χ0) is 12.3. The van der Waals surface area contributed by atoms with E-state index in [-0.39, 0.29) is 5.92 Å². The topological polar surface area (TPSA) is 54.5 Å². The smallest absolute Gasteiger partial charge is 0.154 e. The molecule has 0 radical (unpaired) electrons. The van der Waals surface area contributed by atoms with Gasteiger partial charge in [0.05, 0.1) is 18.0 Å². The van der Waals surface area contributed by atoms with Crippen LogP contribution in [-0.4, -0.2) is 14.8 Å². The van der Waals surface area contributed by atoms with Gasteiger partial charge < -0.3 is 0 Å². The standard InChI is InChI=1S/C12H11ClN4/c1-9(6-14)5-10-8-17(16-12(10)13)11-3-2-4-15-7-11/h2-4,7-9H,5H2,1H3. The molecule has 0 amide bonds. The maximum Gasteiger partial charge on any atom is 0.154 e. The maximum atomic E-state index is 8.78. The van der Waals surface area contributed by atoms with E-state index in [1.54, 1.807) is 17.1 Å². The van der Waals surface area contributed by atoms with Crippen LogP contribution in [0.4, 0.5) is 0 Å². The van der Waals surface area contributed by atoms with Crippen LogP contribution in [0.1, 0.15) is 12.5 Å². The molecule has 1 atom stereocenters. The first kappa shape index (κ1) is 11.6. The fraction of sp³-hybridized carbons (Fsp3) is 0.250. The van der Waals surface area contributed by atoms with Gasteiger partial charge in [-0.15, -0.1) is 0 Å². The molecule has 0 fully saturated rings. The predicted octanol–water partition coefficient (Wildman–Crippen LogP) is 2.62. The summed E-state index contributed by atoms with van der Waals surface area (Å²) in [5, 5.41) is 13.4. The highest BCUT2D eigenvalue weighted by atomic mass is 35.5. The molecule has 4 nitrogen and oxygen atoms in total. The summed E-state index contributed by atoms with van der Waals surface area (Å²) in [5.74, 6) is -0.0703. The van der Waals surface area contributed by atoms with E-state index >= 15 is 0 Å². The van der Waals surface area contributed by atoms with Gasteiger partial charge in [0.1, 0.15) is 0 Å². The number of halogens is 1. The Morgan fingerprint density at radius 2 is 2.41 bits per heavy atom. The van der Waals surface area contributed by atoms with Crippen LogP contribution in [-0.2, 0) is 6.42 Å². The van der Waals surface area contributed by atoms with Crippen molar-refractivity contribution in [3.63, 3.8) is 0 Å². The Balaban J connectivity index is 2.29. The van der Waals surface area contributed by atoms with Gasteiger partial charge in [0.25, 0.3) is 0 Å². The van der Waals surface area contributed by atoms with Gasteiger partial charge in [-0.3, -0.25) is 4.98 Å². The molecule has 2 heterocycles. The van der Waals surface area contributed by atoms with Crippen molar-refractivity contribution < 1.29 is 0 Å². The Kier molecular flexibility index (Phi) is 3.40. The third-order valence-electron chi connectivity index (χ3n) is 2.40. The second kappa shape index (κ2) is 4.98. The van der Waals surface area contributed by atoms with Gasteiger partial charge in [-0.05, 0) is 25.5 Å². The summed E-state index contributed by atoms with van der Waals surface area (Å²) in [5.41, 5.74) is 1.73. The van der Waals surface area contributed by atoms with Crippen LogP contribution < -0.4 is 0 Å². The van der Waals surface area contributed by atoms with Gasteiger partial charge in [-0.2, -0.15) is 10.4 Å². The first-order chi connectivity index (χ1) is 8.20. The van der Waals surface area contributed by atoms with Gasteiger partial charge >= 0.3 is 0 Å². The Bertz CT molecular complexity index is 541. The third kappa shape index (κ3) is 2.63. The highest BCUT2D eigenvalue weighted by Gasteiger charge is 2.11. The lowest BCUT2D eigenvalue weighted by Gasteiger charge is -1.99. The maximum absolute atomic E-state index is 8.78. The van der Waals surface area contributed by atoms with Crippen molar-refractivity contribution in [1.82, 2.24) is 14.8 Å². The van der Waals surface area contributed by atoms with Gasteiger partial charge in [-0.1, -0.05) is 11.6 Å². The lowest BCUT2D eigenvalue weighted by Crippen LogP contribution is -1.96. The number of pyridine rings is 1. The lowest BCUT2D eigenvalue weighted by molar-refractivity contribution is 0.738. The number of hydrogen-bond acceptors (Lipinski definition) is 3. The molecule has 1 unspecified atom stereocenters. The van der Waals surface area contributed by atoms with Crippen molar-refractivity contribution in [2.45, 2.75) is 13.3 Å². The zero-order valence-corrected chi connectivity index (χ0v) is 10.1. The zero-order valence-electron chi connectivity index (χ0n) is 9.34. The molecule has 17 heavy (non-hydrogen) atoms. The van der Waals surface area contributed by atoms with Crippen LogP contribution in [0, 0.1) is 17.2 Å². The van der Waals surface area contributed by atoms with Gasteiger partial charge in [0.15, 0.2) is 5.15 Å². The van der Waals surface area contributed by atoms with E-state index < -0.39 is 0 Å². The summed E-state index contributed by atoms with van der Waals surface area (Å²) < 4.78 is 1.68. The summed E-state index contributed by atoms with van der Waals surface area (Å²) in [7, 11) is 0. The second-order valence-corrected chi connectivity index (χ2v) is 4.19. The molecule has 0 saturated heterocycles. The molecule has 0 aliphatic heterocycles. The number of nitriles is 1. The molecule has 2 aromatic heterocycles. The Hall–Kier alpha value is -1.86. The normalized spacial score (nSPS) is 12.1. The van der Waals surface area contributed by atoms with E-state index in [0.29, 0.717) is 11.6 Å². The molecule has 2 rings (SSSR count). The Labute approximate surface area is 104 Å². The Morgan fingerprint density at radius 3 is 3.06 bits per heavy atom. The molecule has 2 aromatic rings. The molecule has 0 aliphatic carbocycles. The molecule has 0 aliphatic rings. The highest BCUT2D eigenvalue weighted by Crippen LogP contribution is 2.19. The van der Waals surface area contributed by atoms with E-state index in [1.165, 1.54) is 0 Å². The van der Waals surface area contributed by atoms with Crippen LogP contribution in [0.2, 0.25) is 5.15 Å². The number of rotatable bonds is 3. The van der Waals surface area contributed by atoms with E-state index in [9.17, 15) is 0 Å². The summed E-state index contributed by atoms with van der Waals surface area (Å²) in [4.78, 5) is 4.02. The Morgan fingerprint density at radius 1 is 1.59 bits per heavy atom. The molecule has 0 aromatic carbocycles. The lowest BCUT2D eigenvalue weighted by atomic mass is 10.1. The first-order valence-electron chi connectivity index (χ1n) is 5.24. The minimum atomic E-state index is -0.0703. The monoisotopic (exact) mass is 246 g/mol. The van der Waals surface area contributed by atoms with Crippen molar-refractivity contribution >= 4 is 11.6 Å². The van der Waals surface area contributed by atoms with Gasteiger partial charge in [0, 0.05) is 23.9 Å². The average molecular weight is 247 g/mol. The quantitative estimate of drug-likeness (QED) is 0.837. The van der Waals surface area contributed by atoms with Crippen molar-refractivity contribution in [3.05, 3.63) is 41.4 Å². The SMILES string of the molecule is CC(C#N)Cc1cn(-c2cccnc2)nc1Cl. The van der Waals surface area contributed by atoms with Crippen LogP contribution in [0.25, 0.3) is 5.69 Å². The largest absolute Gasteiger partial charge is 0.262 e. The summed E-state index contributed by atoms with van der Waals surface area (Å²) in [6, 6.07) is 5.91. The van der Waals surface area contributed by atoms with Crippen molar-refractivity contribution in [3.8, 4) is 11.8 Å². The minimum Gasteiger partial charge on any atom is -0.262 e. The van der Waals surface area contributed by atoms with E-state index in [4.69, 9.17) is 16.9 Å². The molecular weight excluding hydrogens is 236 g/mol. The van der Waals surface area contributed by atoms with Gasteiger partial charge in [0.2, 0.25) is 0 Å². The minimum absolute atomic E-state index is 0.0703. The van der Waals surface area contributed by atoms with E-state index in [1.807, 2.05) is 25.3 Å². The molecular formula is C12H11ClN4. The van der Waals surface area contributed by atoms with Crippen molar-refractivity contribution in [2.75, 3.05) is 0 Å². The first-order valence-corrected chi connectivity index (χ1v) is 5.62. The van der Waals surface area contributed by atoms with Crippen molar-refractivity contribution in [2.24, 2.45) is 5.92 Å². The molecule has 86 valence electrons. The third-order valence-corrected chi connectivity index (χ3v) is 2.71. The van der Waals surface area contributed by atoms with Crippen molar-refractivity contribution in [1.29, 1.82) is 5.26 Å². The summed E-state index contributed by atoms with van der Waals surface area (Å²) in [6.45, 7) is 1.86. The van der Waals surface area contributed by atoms with Crippen LogP contribution in [0.15, 0.2) is 30.7 Å². The number of aromatic nitrogens is 3. The summed E-state index contributed by atoms with van der Waals surface area (Å²) >= 11 is 6.03.